The number of anilines is 2. The zero-order valence-corrected chi connectivity index (χ0v) is 32.7. The minimum atomic E-state index is -1.11. The van der Waals surface area contributed by atoms with Gasteiger partial charge in [0.25, 0.3) is 11.8 Å². The molecule has 12 nitrogen and oxygen atoms in total. The summed E-state index contributed by atoms with van der Waals surface area (Å²) in [7, 11) is 1.57. The number of amides is 6. The number of alkyl halides is 1. The molecule has 2 unspecified atom stereocenters. The molecule has 2 fully saturated rings. The average molecular weight is 888 g/mol. The first-order valence-electron chi connectivity index (χ1n) is 14.9. The fraction of sp³-hybridized carbons (Fsp3) is 0.235. The maximum atomic E-state index is 13.0. The Balaban J connectivity index is 0.000000218. The molecule has 17 heteroatoms. The van der Waals surface area contributed by atoms with E-state index in [9.17, 15) is 29.4 Å². The predicted octanol–water partition coefficient (Wildman–Crippen LogP) is 7.70. The van der Waals surface area contributed by atoms with Crippen LogP contribution in [-0.4, -0.2) is 72.0 Å². The van der Waals surface area contributed by atoms with Crippen molar-refractivity contribution < 1.29 is 29.4 Å². The van der Waals surface area contributed by atoms with E-state index in [1.54, 1.807) is 57.3 Å². The molecule has 4 heterocycles. The second-order valence-electron chi connectivity index (χ2n) is 11.8. The third-order valence-electron chi connectivity index (χ3n) is 8.13. The third-order valence-corrected chi connectivity index (χ3v) is 8.91. The molecule has 2 saturated heterocycles. The first-order chi connectivity index (χ1) is 24.0. The number of aromatic nitrogens is 2. The van der Waals surface area contributed by atoms with Gasteiger partial charge in [0.05, 0.1) is 11.4 Å². The highest BCUT2D eigenvalue weighted by molar-refractivity contribution is 14.1. The second-order valence-corrected chi connectivity index (χ2v) is 13.3. The van der Waals surface area contributed by atoms with Crippen molar-refractivity contribution in [2.45, 2.75) is 37.8 Å². The van der Waals surface area contributed by atoms with Gasteiger partial charge in [0.2, 0.25) is 0 Å². The van der Waals surface area contributed by atoms with E-state index in [0.29, 0.717) is 6.42 Å². The molecule has 2 aromatic carbocycles. The van der Waals surface area contributed by atoms with E-state index >= 15 is 0 Å². The quantitative estimate of drug-likeness (QED) is 0.0771. The normalized spacial score (nSPS) is 19.7. The Bertz CT molecular complexity index is 1930. The van der Waals surface area contributed by atoms with E-state index < -0.39 is 29.0 Å². The minimum Gasteiger partial charge on any atom is -0.508 e. The van der Waals surface area contributed by atoms with Crippen molar-refractivity contribution in [1.82, 2.24) is 20.2 Å². The number of nitrogens with one attached hydrogen (secondary N) is 1. The van der Waals surface area contributed by atoms with Crippen LogP contribution >= 0.6 is 69.0 Å². The summed E-state index contributed by atoms with van der Waals surface area (Å²) in [6, 6.07) is 17.6. The number of carbonyl (C=O) groups is 4. The fourth-order valence-electron chi connectivity index (χ4n) is 5.49. The number of phenols is 2. The first kappa shape index (κ1) is 39.9. The van der Waals surface area contributed by atoms with Crippen LogP contribution in [0.4, 0.5) is 21.0 Å². The van der Waals surface area contributed by atoms with E-state index in [1.165, 1.54) is 41.3 Å². The number of rotatable bonds is 6. The Hall–Kier alpha value is -3.89. The molecule has 0 aliphatic carbocycles. The molecule has 4 aromatic rings. The van der Waals surface area contributed by atoms with Gasteiger partial charge in [0.15, 0.2) is 0 Å². The van der Waals surface area contributed by atoms with Crippen LogP contribution in [0.15, 0.2) is 72.8 Å². The number of aromatic hydroxyl groups is 2. The molecular formula is C34H31Cl4IN6O6. The van der Waals surface area contributed by atoms with Gasteiger partial charge < -0.3 is 20.4 Å². The number of nitrogens with zero attached hydrogens (tertiary/aromatic N) is 5. The summed E-state index contributed by atoms with van der Waals surface area (Å²) in [4.78, 5) is 63.9. The molecule has 2 aromatic heterocycles. The molecule has 6 amide bonds. The summed E-state index contributed by atoms with van der Waals surface area (Å²) in [5, 5.41) is 21.8. The second kappa shape index (κ2) is 16.2. The highest BCUT2D eigenvalue weighted by Gasteiger charge is 2.53. The smallest absolute Gasteiger partial charge is 0.332 e. The van der Waals surface area contributed by atoms with Crippen LogP contribution in [0.2, 0.25) is 20.6 Å². The van der Waals surface area contributed by atoms with E-state index in [1.807, 2.05) is 4.93 Å². The molecule has 3 N–H and O–H groups in total. The molecule has 0 spiro atoms. The summed E-state index contributed by atoms with van der Waals surface area (Å²) in [5.74, 6) is -0.530. The van der Waals surface area contributed by atoms with Gasteiger partial charge >= 0.3 is 12.1 Å². The van der Waals surface area contributed by atoms with Crippen LogP contribution in [0.25, 0.3) is 0 Å². The van der Waals surface area contributed by atoms with Crippen molar-refractivity contribution in [1.29, 1.82) is 0 Å². The number of carbonyl (C=O) groups excluding carboxylic acids is 4. The van der Waals surface area contributed by atoms with E-state index in [4.69, 9.17) is 46.4 Å². The number of halogens is 5. The zero-order valence-electron chi connectivity index (χ0n) is 27.5. The lowest BCUT2D eigenvalue weighted by atomic mass is 9.91. The SMILES string of the molecule is CC1(Cc2ccc(O)cc2)NC(=O)N(c2cc(Cl)nc(Cl)c2)C1=O.CI.CN1C(=O)N(c2cc(Cl)nc(Cl)c2)C(=O)C1(C)Cc1ccc(O)cc1. The van der Waals surface area contributed by atoms with Crippen molar-refractivity contribution >= 4 is 104 Å². The van der Waals surface area contributed by atoms with Crippen LogP contribution < -0.4 is 15.1 Å². The van der Waals surface area contributed by atoms with Gasteiger partial charge in [-0.15, -0.1) is 0 Å². The van der Waals surface area contributed by atoms with Gasteiger partial charge in [0, 0.05) is 19.9 Å². The fourth-order valence-corrected chi connectivity index (χ4v) is 6.39. The van der Waals surface area contributed by atoms with E-state index in [-0.39, 0.29) is 55.8 Å². The summed E-state index contributed by atoms with van der Waals surface area (Å²) in [6.45, 7) is 3.34. The van der Waals surface area contributed by atoms with Gasteiger partial charge in [-0.3, -0.25) is 9.59 Å². The maximum Gasteiger partial charge on any atom is 0.332 e. The molecule has 51 heavy (non-hydrogen) atoms. The first-order valence-corrected chi connectivity index (χ1v) is 18.6. The number of likely N-dealkylation sites (N-methyl/N-ethyl adjacent to an activating group) is 1. The summed E-state index contributed by atoms with van der Waals surface area (Å²) in [6.07, 6.45) is 0.582. The molecular weight excluding hydrogens is 857 g/mol. The lowest BCUT2D eigenvalue weighted by molar-refractivity contribution is -0.123. The van der Waals surface area contributed by atoms with Crippen LogP contribution in [0, 0.1) is 0 Å². The molecule has 2 aliphatic heterocycles. The van der Waals surface area contributed by atoms with Crippen LogP contribution in [0.3, 0.4) is 0 Å². The largest absolute Gasteiger partial charge is 0.508 e. The Labute approximate surface area is 327 Å². The highest BCUT2D eigenvalue weighted by atomic mass is 127. The van der Waals surface area contributed by atoms with Gasteiger partial charge in [0.1, 0.15) is 43.2 Å². The Morgan fingerprint density at radius 2 is 1.06 bits per heavy atom. The summed E-state index contributed by atoms with van der Waals surface area (Å²) < 4.78 is 0. The maximum absolute atomic E-state index is 13.0. The molecule has 0 radical (unpaired) electrons. The number of pyridine rings is 2. The number of hydrogen-bond donors (Lipinski definition) is 3. The van der Waals surface area contributed by atoms with Gasteiger partial charge in [-0.1, -0.05) is 93.3 Å². The summed E-state index contributed by atoms with van der Waals surface area (Å²) >= 11 is 25.6. The van der Waals surface area contributed by atoms with Crippen molar-refractivity contribution in [2.75, 3.05) is 21.8 Å². The number of phenolic OH excluding ortho intramolecular Hbond substituents is 2. The molecule has 268 valence electrons. The number of imide groups is 2. The van der Waals surface area contributed by atoms with Crippen molar-refractivity contribution in [3.63, 3.8) is 0 Å². The Morgan fingerprint density at radius 1 is 0.667 bits per heavy atom. The van der Waals surface area contributed by atoms with Gasteiger partial charge in [-0.2, -0.15) is 0 Å². The average Bonchev–Trinajstić information content (AvgIpc) is 3.38. The zero-order chi connectivity index (χ0) is 37.8. The lowest BCUT2D eigenvalue weighted by Crippen LogP contribution is -2.47. The minimum absolute atomic E-state index is 0.0882. The molecule has 2 aliphatic rings. The van der Waals surface area contributed by atoms with Crippen molar-refractivity contribution in [3.8, 4) is 11.5 Å². The summed E-state index contributed by atoms with van der Waals surface area (Å²) in [5.41, 5.74) is -0.0252. The molecule has 2 atom stereocenters. The Kier molecular flexibility index (Phi) is 12.7. The molecule has 6 rings (SSSR count). The van der Waals surface area contributed by atoms with E-state index in [0.717, 1.165) is 20.9 Å². The molecule has 0 saturated carbocycles. The topological polar surface area (TPSA) is 156 Å². The number of hydrogen-bond acceptors (Lipinski definition) is 8. The monoisotopic (exact) mass is 886 g/mol. The standard InChI is InChI=1S/C17H15Cl2N3O3.C16H13Cl2N3O3.CH3I/c1-17(9-10-3-5-12(23)6-4-10)15(24)22(16(25)21(17)2)11-7-13(18)20-14(19)8-11;1-16(8-9-2-4-11(22)5-3-9)14(23)21(15(24)20-16)10-6-12(17)19-13(18)7-10;1-2/h3-8,23H,9H2,1-2H3;2-7,22H,8H2,1H3,(H,20,24);1H3. The number of urea groups is 2. The van der Waals surface area contributed by atoms with E-state index in [2.05, 4.69) is 37.9 Å². The highest BCUT2D eigenvalue weighted by Crippen LogP contribution is 2.35. The molecule has 0 bridgehead atoms. The van der Waals surface area contributed by atoms with Gasteiger partial charge in [-0.05, 0) is 78.4 Å². The Morgan fingerprint density at radius 3 is 1.49 bits per heavy atom. The van der Waals surface area contributed by atoms with Crippen LogP contribution in [0.1, 0.15) is 25.0 Å². The van der Waals surface area contributed by atoms with Crippen LogP contribution in [0.5, 0.6) is 11.5 Å². The number of benzene rings is 2. The third kappa shape index (κ3) is 8.78. The predicted molar refractivity (Wildman–Crippen MR) is 206 cm³/mol. The van der Waals surface area contributed by atoms with Gasteiger partial charge in [-0.25, -0.2) is 29.4 Å². The van der Waals surface area contributed by atoms with Crippen LogP contribution in [-0.2, 0) is 22.4 Å². The lowest BCUT2D eigenvalue weighted by Gasteiger charge is -2.28. The van der Waals surface area contributed by atoms with Crippen molar-refractivity contribution in [2.24, 2.45) is 0 Å². The van der Waals surface area contributed by atoms with Crippen molar-refractivity contribution in [3.05, 3.63) is 105 Å².